The lowest BCUT2D eigenvalue weighted by Crippen LogP contribution is -1.92. The minimum atomic E-state index is 0.594. The Morgan fingerprint density at radius 2 is 2.20 bits per heavy atom. The third-order valence-electron chi connectivity index (χ3n) is 1.69. The van der Waals surface area contributed by atoms with Crippen LogP contribution >= 0.6 is 0 Å². The molecule has 0 saturated heterocycles. The van der Waals surface area contributed by atoms with E-state index in [0.717, 1.165) is 6.42 Å². The summed E-state index contributed by atoms with van der Waals surface area (Å²) in [6, 6.07) is 0. The molecule has 0 bridgehead atoms. The van der Waals surface area contributed by atoms with Crippen LogP contribution in [-0.4, -0.2) is 0 Å². The number of allylic oxidation sites excluding steroid dienone is 4. The Balaban J connectivity index is 3.83. The largest absolute Gasteiger partial charge is 0.0991 e. The molecule has 0 nitrogen and oxygen atoms in total. The van der Waals surface area contributed by atoms with Crippen molar-refractivity contribution in [2.75, 3.05) is 0 Å². The molecule has 1 unspecified atom stereocenters. The van der Waals surface area contributed by atoms with E-state index in [-0.39, 0.29) is 0 Å². The van der Waals surface area contributed by atoms with Crippen LogP contribution in [0.3, 0.4) is 0 Å². The van der Waals surface area contributed by atoms with E-state index in [1.54, 1.807) is 6.08 Å². The van der Waals surface area contributed by atoms with Crippen molar-refractivity contribution in [3.05, 3.63) is 37.0 Å². The molecule has 56 valence electrons. The number of hydrogen-bond donors (Lipinski definition) is 0. The van der Waals surface area contributed by atoms with Gasteiger partial charge in [0.15, 0.2) is 0 Å². The Hall–Kier alpha value is -0.780. The summed E-state index contributed by atoms with van der Waals surface area (Å²) in [6.45, 7) is 11.9. The van der Waals surface area contributed by atoms with Gasteiger partial charge in [-0.1, -0.05) is 50.8 Å². The second-order valence-corrected chi connectivity index (χ2v) is 2.48. The molecule has 0 saturated carbocycles. The first-order chi connectivity index (χ1) is 4.72. The molecular weight excluding hydrogens is 120 g/mol. The van der Waals surface area contributed by atoms with E-state index in [9.17, 15) is 0 Å². The first-order valence-corrected chi connectivity index (χ1v) is 3.70. The van der Waals surface area contributed by atoms with Gasteiger partial charge in [-0.3, -0.25) is 0 Å². The molecule has 0 aromatic heterocycles. The molecule has 0 radical (unpaired) electrons. The van der Waals surface area contributed by atoms with Gasteiger partial charge in [0.25, 0.3) is 0 Å². The SMILES string of the molecule is C=CC=CC(=C)C(C)CC. The van der Waals surface area contributed by atoms with Crippen molar-refractivity contribution in [2.45, 2.75) is 20.3 Å². The van der Waals surface area contributed by atoms with Gasteiger partial charge in [0.1, 0.15) is 0 Å². The minimum absolute atomic E-state index is 0.594. The lowest BCUT2D eigenvalue weighted by Gasteiger charge is -2.06. The summed E-state index contributed by atoms with van der Waals surface area (Å²) < 4.78 is 0. The van der Waals surface area contributed by atoms with Gasteiger partial charge in [0, 0.05) is 0 Å². The Morgan fingerprint density at radius 3 is 2.60 bits per heavy atom. The van der Waals surface area contributed by atoms with Gasteiger partial charge in [-0.2, -0.15) is 0 Å². The highest BCUT2D eigenvalue weighted by Crippen LogP contribution is 2.12. The molecule has 0 rings (SSSR count). The van der Waals surface area contributed by atoms with Crippen LogP contribution in [-0.2, 0) is 0 Å². The molecule has 0 N–H and O–H groups in total. The van der Waals surface area contributed by atoms with Crippen LogP contribution in [0.15, 0.2) is 37.0 Å². The van der Waals surface area contributed by atoms with Crippen molar-refractivity contribution in [1.82, 2.24) is 0 Å². The van der Waals surface area contributed by atoms with Gasteiger partial charge >= 0.3 is 0 Å². The number of hydrogen-bond acceptors (Lipinski definition) is 0. The van der Waals surface area contributed by atoms with Crippen LogP contribution in [0.4, 0.5) is 0 Å². The first kappa shape index (κ1) is 9.22. The summed E-state index contributed by atoms with van der Waals surface area (Å²) in [6.07, 6.45) is 6.86. The Kier molecular flexibility index (Phi) is 4.65. The maximum absolute atomic E-state index is 3.93. The number of rotatable bonds is 4. The molecule has 0 heteroatoms. The fourth-order valence-corrected chi connectivity index (χ4v) is 0.618. The van der Waals surface area contributed by atoms with Crippen molar-refractivity contribution in [1.29, 1.82) is 0 Å². The summed E-state index contributed by atoms with van der Waals surface area (Å²) in [7, 11) is 0. The quantitative estimate of drug-likeness (QED) is 0.520. The smallest absolute Gasteiger partial charge is 0.0199 e. The van der Waals surface area contributed by atoms with Crippen LogP contribution in [0.5, 0.6) is 0 Å². The fourth-order valence-electron chi connectivity index (χ4n) is 0.618. The Labute approximate surface area is 64.0 Å². The van der Waals surface area contributed by atoms with Gasteiger partial charge in [-0.25, -0.2) is 0 Å². The van der Waals surface area contributed by atoms with E-state index in [1.807, 2.05) is 12.2 Å². The van der Waals surface area contributed by atoms with Crippen molar-refractivity contribution in [3.63, 3.8) is 0 Å². The molecule has 0 amide bonds. The Morgan fingerprint density at radius 1 is 1.60 bits per heavy atom. The standard InChI is InChI=1S/C10H16/c1-5-7-8-10(4)9(3)6-2/h5,7-9H,1,4,6H2,2-3H3. The molecule has 0 fully saturated rings. The molecule has 0 aliphatic heterocycles. The summed E-state index contributed by atoms with van der Waals surface area (Å²) in [5.74, 6) is 0.594. The highest BCUT2D eigenvalue weighted by atomic mass is 14.0. The van der Waals surface area contributed by atoms with Crippen LogP contribution < -0.4 is 0 Å². The van der Waals surface area contributed by atoms with Crippen molar-refractivity contribution < 1.29 is 0 Å². The van der Waals surface area contributed by atoms with E-state index in [0.29, 0.717) is 5.92 Å². The molecule has 0 aromatic carbocycles. The topological polar surface area (TPSA) is 0 Å². The van der Waals surface area contributed by atoms with Crippen LogP contribution in [0.1, 0.15) is 20.3 Å². The van der Waals surface area contributed by atoms with Gasteiger partial charge in [-0.05, 0) is 12.3 Å². The maximum atomic E-state index is 3.93. The highest BCUT2D eigenvalue weighted by Gasteiger charge is 1.97. The first-order valence-electron chi connectivity index (χ1n) is 3.70. The zero-order valence-electron chi connectivity index (χ0n) is 6.93. The average molecular weight is 136 g/mol. The third kappa shape index (κ3) is 3.29. The summed E-state index contributed by atoms with van der Waals surface area (Å²) >= 11 is 0. The van der Waals surface area contributed by atoms with Crippen molar-refractivity contribution in [3.8, 4) is 0 Å². The van der Waals surface area contributed by atoms with Gasteiger partial charge in [0.2, 0.25) is 0 Å². The molecule has 0 spiro atoms. The van der Waals surface area contributed by atoms with Crippen LogP contribution in [0.2, 0.25) is 0 Å². The molecule has 0 aliphatic rings. The predicted molar refractivity (Wildman–Crippen MR) is 47.9 cm³/mol. The monoisotopic (exact) mass is 136 g/mol. The van der Waals surface area contributed by atoms with E-state index in [1.165, 1.54) is 5.57 Å². The summed E-state index contributed by atoms with van der Waals surface area (Å²) in [5.41, 5.74) is 1.18. The van der Waals surface area contributed by atoms with Crippen molar-refractivity contribution in [2.24, 2.45) is 5.92 Å². The molecule has 0 aromatic rings. The predicted octanol–water partition coefficient (Wildman–Crippen LogP) is 3.33. The van der Waals surface area contributed by atoms with E-state index < -0.39 is 0 Å². The zero-order valence-corrected chi connectivity index (χ0v) is 6.93. The molecule has 0 aliphatic carbocycles. The van der Waals surface area contributed by atoms with Gasteiger partial charge in [0.05, 0.1) is 0 Å². The Bertz CT molecular complexity index is 140. The van der Waals surface area contributed by atoms with E-state index in [2.05, 4.69) is 27.0 Å². The second-order valence-electron chi connectivity index (χ2n) is 2.48. The highest BCUT2D eigenvalue weighted by molar-refractivity contribution is 5.19. The molecule has 0 heterocycles. The maximum Gasteiger partial charge on any atom is -0.0199 e. The molecular formula is C10H16. The second kappa shape index (κ2) is 5.04. The van der Waals surface area contributed by atoms with Crippen molar-refractivity contribution >= 4 is 0 Å². The minimum Gasteiger partial charge on any atom is -0.0991 e. The fraction of sp³-hybridized carbons (Fsp3) is 0.400. The van der Waals surface area contributed by atoms with Crippen LogP contribution in [0, 0.1) is 5.92 Å². The zero-order chi connectivity index (χ0) is 7.98. The van der Waals surface area contributed by atoms with E-state index >= 15 is 0 Å². The van der Waals surface area contributed by atoms with Gasteiger partial charge < -0.3 is 0 Å². The molecule has 1 atom stereocenters. The summed E-state index contributed by atoms with van der Waals surface area (Å²) in [4.78, 5) is 0. The summed E-state index contributed by atoms with van der Waals surface area (Å²) in [5, 5.41) is 0. The van der Waals surface area contributed by atoms with Crippen LogP contribution in [0.25, 0.3) is 0 Å². The van der Waals surface area contributed by atoms with E-state index in [4.69, 9.17) is 0 Å². The lowest BCUT2D eigenvalue weighted by atomic mass is 10.00. The third-order valence-corrected chi connectivity index (χ3v) is 1.69. The normalized spacial score (nSPS) is 13.4. The lowest BCUT2D eigenvalue weighted by molar-refractivity contribution is 0.673. The average Bonchev–Trinajstić information content (AvgIpc) is 1.98. The van der Waals surface area contributed by atoms with Gasteiger partial charge in [-0.15, -0.1) is 0 Å². The molecule has 10 heavy (non-hydrogen) atoms.